The summed E-state index contributed by atoms with van der Waals surface area (Å²) in [6, 6.07) is 8.23. The van der Waals surface area contributed by atoms with Crippen molar-refractivity contribution in [1.82, 2.24) is 0 Å². The summed E-state index contributed by atoms with van der Waals surface area (Å²) in [5.74, 6) is 0. The number of benzene rings is 1. The highest BCUT2D eigenvalue weighted by atomic mass is 16.3. The fourth-order valence-corrected chi connectivity index (χ4v) is 1.04. The Kier molecular flexibility index (Phi) is 3.71. The lowest BCUT2D eigenvalue weighted by Crippen LogP contribution is -1.97. The maximum absolute atomic E-state index is 9.29. The number of hydrogen-bond donors (Lipinski definition) is 1. The van der Waals surface area contributed by atoms with Crippen LogP contribution in [0.25, 0.3) is 6.08 Å². The molecule has 0 aliphatic carbocycles. The van der Waals surface area contributed by atoms with Crippen LogP contribution in [0.3, 0.4) is 0 Å². The van der Waals surface area contributed by atoms with Crippen molar-refractivity contribution in [2.45, 2.75) is 26.4 Å². The van der Waals surface area contributed by atoms with Crippen molar-refractivity contribution in [3.05, 3.63) is 41.5 Å². The molecular formula is C12H16O. The molecule has 0 radical (unpaired) electrons. The van der Waals surface area contributed by atoms with Crippen LogP contribution in [0.4, 0.5) is 0 Å². The zero-order chi connectivity index (χ0) is 9.68. The van der Waals surface area contributed by atoms with Gasteiger partial charge in [0.1, 0.15) is 0 Å². The minimum absolute atomic E-state index is 0.318. The van der Waals surface area contributed by atoms with Gasteiger partial charge in [-0.25, -0.2) is 0 Å². The summed E-state index contributed by atoms with van der Waals surface area (Å²) in [6.45, 7) is 4.03. The Balaban J connectivity index is 2.64. The summed E-state index contributed by atoms with van der Waals surface area (Å²) < 4.78 is 0. The molecule has 0 saturated heterocycles. The van der Waals surface area contributed by atoms with Crippen LogP contribution < -0.4 is 0 Å². The summed E-state index contributed by atoms with van der Waals surface area (Å²) in [7, 11) is 0. The van der Waals surface area contributed by atoms with Crippen LogP contribution in [-0.2, 0) is 0 Å². The normalized spacial score (nSPS) is 13.5. The molecule has 1 heteroatoms. The number of aliphatic hydroxyl groups excluding tert-OH is 1. The van der Waals surface area contributed by atoms with Gasteiger partial charge in [-0.3, -0.25) is 0 Å². The summed E-state index contributed by atoms with van der Waals surface area (Å²) >= 11 is 0. The Bertz CT molecular complexity index is 272. The van der Waals surface area contributed by atoms with Gasteiger partial charge in [-0.2, -0.15) is 0 Å². The predicted molar refractivity (Wildman–Crippen MR) is 56.5 cm³/mol. The van der Waals surface area contributed by atoms with E-state index in [0.29, 0.717) is 0 Å². The smallest absolute Gasteiger partial charge is 0.0721 e. The van der Waals surface area contributed by atoms with E-state index in [2.05, 4.69) is 19.1 Å². The summed E-state index contributed by atoms with van der Waals surface area (Å²) in [6.07, 6.45) is 4.22. The third-order valence-corrected chi connectivity index (χ3v) is 2.01. The predicted octanol–water partition coefficient (Wildman–Crippen LogP) is 2.78. The van der Waals surface area contributed by atoms with E-state index in [4.69, 9.17) is 0 Å². The first-order valence-corrected chi connectivity index (χ1v) is 4.65. The minimum atomic E-state index is -0.318. The van der Waals surface area contributed by atoms with Gasteiger partial charge in [0.2, 0.25) is 0 Å². The van der Waals surface area contributed by atoms with Crippen molar-refractivity contribution in [3.63, 3.8) is 0 Å². The molecule has 13 heavy (non-hydrogen) atoms. The average molecular weight is 176 g/mol. The fraction of sp³-hybridized carbons (Fsp3) is 0.333. The van der Waals surface area contributed by atoms with E-state index >= 15 is 0 Å². The summed E-state index contributed by atoms with van der Waals surface area (Å²) in [5.41, 5.74) is 2.39. The maximum atomic E-state index is 9.29. The van der Waals surface area contributed by atoms with Crippen molar-refractivity contribution in [2.75, 3.05) is 0 Å². The van der Waals surface area contributed by atoms with Crippen LogP contribution in [-0.4, -0.2) is 11.2 Å². The lowest BCUT2D eigenvalue weighted by molar-refractivity contribution is 0.220. The molecule has 1 atom stereocenters. The first-order chi connectivity index (χ1) is 6.22. The zero-order valence-electron chi connectivity index (χ0n) is 8.20. The van der Waals surface area contributed by atoms with Crippen LogP contribution in [0, 0.1) is 6.92 Å². The van der Waals surface area contributed by atoms with E-state index in [0.717, 1.165) is 12.0 Å². The number of aryl methyl sites for hydroxylation is 1. The fourth-order valence-electron chi connectivity index (χ4n) is 1.04. The Morgan fingerprint density at radius 3 is 2.46 bits per heavy atom. The molecule has 0 aliphatic rings. The second-order valence-electron chi connectivity index (χ2n) is 3.25. The van der Waals surface area contributed by atoms with Gasteiger partial charge in [0.15, 0.2) is 0 Å². The van der Waals surface area contributed by atoms with Crippen LogP contribution in [0.5, 0.6) is 0 Å². The standard InChI is InChI=1S/C12H16O/c1-3-12(13)9-8-11-6-4-10(2)5-7-11/h4-9,12-13H,3H2,1-2H3/b9-8+. The second kappa shape index (κ2) is 4.83. The molecule has 1 rings (SSSR count). The van der Waals surface area contributed by atoms with Crippen LogP contribution >= 0.6 is 0 Å². The van der Waals surface area contributed by atoms with Crippen LogP contribution in [0.2, 0.25) is 0 Å². The molecule has 1 nitrogen and oxygen atoms in total. The van der Waals surface area contributed by atoms with Crippen molar-refractivity contribution in [2.24, 2.45) is 0 Å². The lowest BCUT2D eigenvalue weighted by Gasteiger charge is -1.99. The van der Waals surface area contributed by atoms with Gasteiger partial charge in [-0.15, -0.1) is 0 Å². The first kappa shape index (κ1) is 10.0. The monoisotopic (exact) mass is 176 g/mol. The molecule has 0 aromatic heterocycles. The summed E-state index contributed by atoms with van der Waals surface area (Å²) in [4.78, 5) is 0. The SMILES string of the molecule is CCC(O)/C=C/c1ccc(C)cc1. The van der Waals surface area contributed by atoms with Gasteiger partial charge in [0.25, 0.3) is 0 Å². The molecule has 70 valence electrons. The minimum Gasteiger partial charge on any atom is -0.389 e. The molecular weight excluding hydrogens is 160 g/mol. The number of rotatable bonds is 3. The van der Waals surface area contributed by atoms with Crippen molar-refractivity contribution >= 4 is 6.08 Å². The lowest BCUT2D eigenvalue weighted by atomic mass is 10.1. The molecule has 0 spiro atoms. The van der Waals surface area contributed by atoms with Crippen LogP contribution in [0.15, 0.2) is 30.3 Å². The van der Waals surface area contributed by atoms with E-state index in [1.165, 1.54) is 5.56 Å². The molecule has 1 aromatic carbocycles. The molecule has 1 N–H and O–H groups in total. The molecule has 0 aliphatic heterocycles. The van der Waals surface area contributed by atoms with Gasteiger partial charge in [0, 0.05) is 0 Å². The van der Waals surface area contributed by atoms with E-state index in [1.54, 1.807) is 0 Å². The Hall–Kier alpha value is -1.08. The molecule has 0 amide bonds. The zero-order valence-corrected chi connectivity index (χ0v) is 8.20. The third-order valence-electron chi connectivity index (χ3n) is 2.01. The molecule has 0 heterocycles. The molecule has 0 fully saturated rings. The molecule has 1 aromatic rings. The van der Waals surface area contributed by atoms with Gasteiger partial charge in [-0.1, -0.05) is 48.9 Å². The van der Waals surface area contributed by atoms with Crippen LogP contribution in [0.1, 0.15) is 24.5 Å². The van der Waals surface area contributed by atoms with E-state index in [1.807, 2.05) is 31.2 Å². The molecule has 0 bridgehead atoms. The number of aliphatic hydroxyl groups is 1. The highest BCUT2D eigenvalue weighted by Crippen LogP contribution is 2.06. The Morgan fingerprint density at radius 2 is 1.92 bits per heavy atom. The van der Waals surface area contributed by atoms with E-state index in [-0.39, 0.29) is 6.10 Å². The van der Waals surface area contributed by atoms with Gasteiger partial charge >= 0.3 is 0 Å². The van der Waals surface area contributed by atoms with Crippen molar-refractivity contribution in [3.8, 4) is 0 Å². The second-order valence-corrected chi connectivity index (χ2v) is 3.25. The number of hydrogen-bond acceptors (Lipinski definition) is 1. The Morgan fingerprint density at radius 1 is 1.31 bits per heavy atom. The highest BCUT2D eigenvalue weighted by Gasteiger charge is 1.92. The third kappa shape index (κ3) is 3.43. The topological polar surface area (TPSA) is 20.2 Å². The quantitative estimate of drug-likeness (QED) is 0.750. The Labute approximate surface area is 79.7 Å². The first-order valence-electron chi connectivity index (χ1n) is 4.65. The van der Waals surface area contributed by atoms with E-state index < -0.39 is 0 Å². The molecule has 1 unspecified atom stereocenters. The average Bonchev–Trinajstić information content (AvgIpc) is 2.16. The largest absolute Gasteiger partial charge is 0.389 e. The molecule has 0 saturated carbocycles. The van der Waals surface area contributed by atoms with Gasteiger partial charge in [0.05, 0.1) is 6.10 Å². The highest BCUT2D eigenvalue weighted by molar-refractivity contribution is 5.50. The van der Waals surface area contributed by atoms with E-state index in [9.17, 15) is 5.11 Å². The van der Waals surface area contributed by atoms with Gasteiger partial charge < -0.3 is 5.11 Å². The maximum Gasteiger partial charge on any atom is 0.0721 e. The van der Waals surface area contributed by atoms with Gasteiger partial charge in [-0.05, 0) is 18.9 Å². The van der Waals surface area contributed by atoms with Crippen molar-refractivity contribution < 1.29 is 5.11 Å². The summed E-state index contributed by atoms with van der Waals surface area (Å²) in [5, 5.41) is 9.29. The van der Waals surface area contributed by atoms with Crippen molar-refractivity contribution in [1.29, 1.82) is 0 Å².